The molecule has 0 amide bonds. The Kier molecular flexibility index (Phi) is 4.45. The summed E-state index contributed by atoms with van der Waals surface area (Å²) < 4.78 is 0. The molecule has 2 rings (SSSR count). The second kappa shape index (κ2) is 5.85. The van der Waals surface area contributed by atoms with Gasteiger partial charge >= 0.3 is 0 Å². The van der Waals surface area contributed by atoms with Crippen LogP contribution in [0.1, 0.15) is 31.2 Å². The molecule has 88 valence electrons. The van der Waals surface area contributed by atoms with E-state index in [0.717, 1.165) is 12.1 Å². The number of aromatic nitrogens is 1. The van der Waals surface area contributed by atoms with Gasteiger partial charge in [0.2, 0.25) is 0 Å². The maximum absolute atomic E-state index is 6.07. The molecule has 0 unspecified atom stereocenters. The minimum atomic E-state index is 0.463. The van der Waals surface area contributed by atoms with Crippen LogP contribution in [0.5, 0.6) is 0 Å². The first kappa shape index (κ1) is 12.2. The second-order valence-electron chi connectivity index (χ2n) is 4.27. The van der Waals surface area contributed by atoms with Crippen LogP contribution in [0.25, 0.3) is 0 Å². The first-order valence-corrected chi connectivity index (χ1v) is 6.54. The van der Waals surface area contributed by atoms with Crippen LogP contribution in [0.4, 0.5) is 0 Å². The lowest BCUT2D eigenvalue weighted by Gasteiger charge is -2.20. The smallest absolute Gasteiger partial charge is 0.135 e. The molecule has 1 saturated heterocycles. The van der Waals surface area contributed by atoms with Gasteiger partial charge in [0.15, 0.2) is 0 Å². The standard InChI is InChI=1S/C12H16Cl2N2/c13-11-6-5-10(12(14)15-11)9-16-7-3-1-2-4-8-16/h5-6H,1-4,7-9H2. The number of hydrogen-bond acceptors (Lipinski definition) is 2. The van der Waals surface area contributed by atoms with Crippen molar-refractivity contribution >= 4 is 23.2 Å². The zero-order valence-corrected chi connectivity index (χ0v) is 10.8. The molecule has 0 aliphatic carbocycles. The van der Waals surface area contributed by atoms with Crippen molar-refractivity contribution in [2.24, 2.45) is 0 Å². The van der Waals surface area contributed by atoms with Crippen LogP contribution in [0.3, 0.4) is 0 Å². The predicted octanol–water partition coefficient (Wildman–Crippen LogP) is 3.76. The van der Waals surface area contributed by atoms with E-state index in [4.69, 9.17) is 23.2 Å². The minimum absolute atomic E-state index is 0.463. The van der Waals surface area contributed by atoms with E-state index in [1.54, 1.807) is 6.07 Å². The van der Waals surface area contributed by atoms with E-state index in [2.05, 4.69) is 9.88 Å². The molecule has 2 nitrogen and oxygen atoms in total. The Morgan fingerprint density at radius 1 is 1.06 bits per heavy atom. The number of likely N-dealkylation sites (tertiary alicyclic amines) is 1. The van der Waals surface area contributed by atoms with Gasteiger partial charge in [-0.15, -0.1) is 0 Å². The third-order valence-electron chi connectivity index (χ3n) is 2.98. The molecule has 0 radical (unpaired) electrons. The lowest BCUT2D eigenvalue weighted by atomic mass is 10.2. The third kappa shape index (κ3) is 3.34. The first-order valence-electron chi connectivity index (χ1n) is 5.79. The summed E-state index contributed by atoms with van der Waals surface area (Å²) in [6.07, 6.45) is 5.28. The molecule has 2 heterocycles. The third-order valence-corrected chi connectivity index (χ3v) is 3.52. The average molecular weight is 259 g/mol. The van der Waals surface area contributed by atoms with E-state index in [-0.39, 0.29) is 0 Å². The topological polar surface area (TPSA) is 16.1 Å². The van der Waals surface area contributed by atoms with Gasteiger partial charge in [0, 0.05) is 12.1 Å². The normalized spacial score (nSPS) is 18.4. The molecular weight excluding hydrogens is 243 g/mol. The van der Waals surface area contributed by atoms with Gasteiger partial charge in [-0.2, -0.15) is 0 Å². The lowest BCUT2D eigenvalue weighted by molar-refractivity contribution is 0.277. The molecule has 1 aromatic heterocycles. The van der Waals surface area contributed by atoms with Crippen molar-refractivity contribution in [2.75, 3.05) is 13.1 Å². The van der Waals surface area contributed by atoms with Crippen LogP contribution in [-0.4, -0.2) is 23.0 Å². The Morgan fingerprint density at radius 2 is 1.75 bits per heavy atom. The molecule has 4 heteroatoms. The summed E-state index contributed by atoms with van der Waals surface area (Å²) in [7, 11) is 0. The summed E-state index contributed by atoms with van der Waals surface area (Å²) in [5.41, 5.74) is 1.08. The van der Waals surface area contributed by atoms with Crippen molar-refractivity contribution in [1.82, 2.24) is 9.88 Å². The molecule has 0 saturated carbocycles. The Morgan fingerprint density at radius 3 is 2.38 bits per heavy atom. The summed E-state index contributed by atoms with van der Waals surface area (Å²) in [5.74, 6) is 0. The van der Waals surface area contributed by atoms with Crippen LogP contribution in [0.2, 0.25) is 10.3 Å². The highest BCUT2D eigenvalue weighted by molar-refractivity contribution is 6.32. The molecule has 1 aliphatic rings. The van der Waals surface area contributed by atoms with E-state index < -0.39 is 0 Å². The number of hydrogen-bond donors (Lipinski definition) is 0. The van der Waals surface area contributed by atoms with Crippen LogP contribution in [0.15, 0.2) is 12.1 Å². The van der Waals surface area contributed by atoms with Crippen LogP contribution < -0.4 is 0 Å². The maximum Gasteiger partial charge on any atom is 0.135 e. The first-order chi connectivity index (χ1) is 7.75. The Balaban J connectivity index is 2.01. The molecule has 0 spiro atoms. The fourth-order valence-corrected chi connectivity index (χ4v) is 2.50. The highest BCUT2D eigenvalue weighted by Gasteiger charge is 2.11. The summed E-state index contributed by atoms with van der Waals surface area (Å²) in [4.78, 5) is 6.51. The van der Waals surface area contributed by atoms with Gasteiger partial charge in [0.05, 0.1) is 0 Å². The molecule has 0 bridgehead atoms. The molecule has 16 heavy (non-hydrogen) atoms. The number of nitrogens with zero attached hydrogens (tertiary/aromatic N) is 2. The van der Waals surface area contributed by atoms with Crippen molar-refractivity contribution in [3.8, 4) is 0 Å². The lowest BCUT2D eigenvalue weighted by Crippen LogP contribution is -2.24. The molecule has 0 atom stereocenters. The van der Waals surface area contributed by atoms with Crippen molar-refractivity contribution in [1.29, 1.82) is 0 Å². The van der Waals surface area contributed by atoms with Gasteiger partial charge in [0.25, 0.3) is 0 Å². The van der Waals surface area contributed by atoms with Crippen LogP contribution >= 0.6 is 23.2 Å². The average Bonchev–Trinajstić information content (AvgIpc) is 2.51. The van der Waals surface area contributed by atoms with E-state index in [9.17, 15) is 0 Å². The van der Waals surface area contributed by atoms with Gasteiger partial charge in [-0.05, 0) is 32.0 Å². The van der Waals surface area contributed by atoms with Crippen molar-refractivity contribution in [3.05, 3.63) is 28.0 Å². The van der Waals surface area contributed by atoms with E-state index >= 15 is 0 Å². The van der Waals surface area contributed by atoms with Gasteiger partial charge in [-0.3, -0.25) is 4.90 Å². The second-order valence-corrected chi connectivity index (χ2v) is 5.02. The van der Waals surface area contributed by atoms with Gasteiger partial charge in [0.1, 0.15) is 10.3 Å². The van der Waals surface area contributed by atoms with E-state index in [1.165, 1.54) is 38.8 Å². The van der Waals surface area contributed by atoms with Crippen molar-refractivity contribution < 1.29 is 0 Å². The molecule has 1 aliphatic heterocycles. The van der Waals surface area contributed by atoms with E-state index in [0.29, 0.717) is 10.3 Å². The fourth-order valence-electron chi connectivity index (χ4n) is 2.09. The van der Waals surface area contributed by atoms with Crippen molar-refractivity contribution in [2.45, 2.75) is 32.2 Å². The highest BCUT2D eigenvalue weighted by Crippen LogP contribution is 2.20. The van der Waals surface area contributed by atoms with E-state index in [1.807, 2.05) is 6.07 Å². The summed E-state index contributed by atoms with van der Waals surface area (Å²) in [6.45, 7) is 3.22. The quantitative estimate of drug-likeness (QED) is 0.752. The zero-order valence-electron chi connectivity index (χ0n) is 9.25. The Hall–Kier alpha value is -0.310. The SMILES string of the molecule is Clc1ccc(CN2CCCCCC2)c(Cl)n1. The van der Waals surface area contributed by atoms with Crippen LogP contribution in [-0.2, 0) is 6.54 Å². The summed E-state index contributed by atoms with van der Waals surface area (Å²) >= 11 is 11.8. The van der Waals surface area contributed by atoms with Gasteiger partial charge < -0.3 is 0 Å². The monoisotopic (exact) mass is 258 g/mol. The number of rotatable bonds is 2. The molecule has 0 aromatic carbocycles. The maximum atomic E-state index is 6.07. The number of pyridine rings is 1. The number of halogens is 2. The van der Waals surface area contributed by atoms with Gasteiger partial charge in [-0.25, -0.2) is 4.98 Å². The Bertz CT molecular complexity index is 347. The summed E-state index contributed by atoms with van der Waals surface area (Å²) in [5, 5.41) is 1.00. The molecular formula is C12H16Cl2N2. The van der Waals surface area contributed by atoms with Crippen LogP contribution in [0, 0.1) is 0 Å². The highest BCUT2D eigenvalue weighted by atomic mass is 35.5. The van der Waals surface area contributed by atoms with Crippen molar-refractivity contribution in [3.63, 3.8) is 0 Å². The molecule has 1 fully saturated rings. The fraction of sp³-hybridized carbons (Fsp3) is 0.583. The largest absolute Gasteiger partial charge is 0.299 e. The predicted molar refractivity (Wildman–Crippen MR) is 68.0 cm³/mol. The Labute approximate surface area is 107 Å². The van der Waals surface area contributed by atoms with Gasteiger partial charge in [-0.1, -0.05) is 42.1 Å². The summed E-state index contributed by atoms with van der Waals surface area (Å²) in [6, 6.07) is 3.78. The zero-order chi connectivity index (χ0) is 11.4. The molecule has 0 N–H and O–H groups in total. The molecule has 1 aromatic rings. The minimum Gasteiger partial charge on any atom is -0.299 e.